The zero-order valence-electron chi connectivity index (χ0n) is 16.2. The number of fused-ring (bicyclic) bond motifs is 1. The minimum absolute atomic E-state index is 0.0411. The molecular weight excluding hydrogens is 356 g/mol. The van der Waals surface area contributed by atoms with Crippen molar-refractivity contribution >= 4 is 22.8 Å². The maximum absolute atomic E-state index is 12.8. The van der Waals surface area contributed by atoms with Crippen LogP contribution < -0.4 is 4.74 Å². The zero-order valence-corrected chi connectivity index (χ0v) is 16.2. The second-order valence-corrected chi connectivity index (χ2v) is 7.62. The average molecular weight is 382 g/mol. The lowest BCUT2D eigenvalue weighted by molar-refractivity contribution is -0.141. The summed E-state index contributed by atoms with van der Waals surface area (Å²) < 4.78 is 6.02. The lowest BCUT2D eigenvalue weighted by Crippen LogP contribution is -2.47. The topological polar surface area (TPSA) is 75.6 Å². The van der Waals surface area contributed by atoms with Crippen molar-refractivity contribution in [2.45, 2.75) is 38.7 Å². The van der Waals surface area contributed by atoms with Gasteiger partial charge >= 0.3 is 0 Å². The number of nitrogens with zero attached hydrogens (tertiary/aromatic N) is 4. The third-order valence-electron chi connectivity index (χ3n) is 5.76. The Hall–Kier alpha value is -2.70. The molecule has 2 saturated heterocycles. The number of ether oxygens (including phenoxy) is 1. The number of aromatic nitrogens is 2. The molecular formula is C21H26N4O3. The van der Waals surface area contributed by atoms with Crippen molar-refractivity contribution in [3.05, 3.63) is 30.5 Å². The fraction of sp³-hybridized carbons (Fsp3) is 0.524. The van der Waals surface area contributed by atoms with Crippen molar-refractivity contribution in [1.29, 1.82) is 0 Å². The van der Waals surface area contributed by atoms with E-state index >= 15 is 0 Å². The van der Waals surface area contributed by atoms with E-state index in [4.69, 9.17) is 4.74 Å². The first-order valence-electron chi connectivity index (χ1n) is 10.0. The third kappa shape index (κ3) is 4.08. The van der Waals surface area contributed by atoms with Gasteiger partial charge < -0.3 is 14.5 Å². The van der Waals surface area contributed by atoms with Crippen LogP contribution in [0.3, 0.4) is 0 Å². The Kier molecular flexibility index (Phi) is 5.41. The fourth-order valence-electron chi connectivity index (χ4n) is 4.06. The highest BCUT2D eigenvalue weighted by atomic mass is 16.5. The predicted octanol–water partition coefficient (Wildman–Crippen LogP) is 2.26. The SMILES string of the molecule is CC(=O)N1CCC(C(=O)N2CCC(Oc3cnc4ccccc4n3)CC2)CC1. The standard InChI is InChI=1S/C21H26N4O3/c1-15(26)24-10-6-16(7-11-24)21(27)25-12-8-17(9-13-25)28-20-14-22-18-4-2-3-5-19(18)23-20/h2-5,14,16-17H,6-13H2,1H3. The molecule has 0 N–H and O–H groups in total. The van der Waals surface area contributed by atoms with E-state index < -0.39 is 0 Å². The highest BCUT2D eigenvalue weighted by Crippen LogP contribution is 2.24. The monoisotopic (exact) mass is 382 g/mol. The molecule has 28 heavy (non-hydrogen) atoms. The van der Waals surface area contributed by atoms with Gasteiger partial charge in [0.25, 0.3) is 0 Å². The van der Waals surface area contributed by atoms with Crippen LogP contribution in [0.4, 0.5) is 0 Å². The number of hydrogen-bond donors (Lipinski definition) is 0. The van der Waals surface area contributed by atoms with E-state index in [1.165, 1.54) is 0 Å². The smallest absolute Gasteiger partial charge is 0.233 e. The number of hydrogen-bond acceptors (Lipinski definition) is 5. The summed E-state index contributed by atoms with van der Waals surface area (Å²) in [5.41, 5.74) is 1.68. The summed E-state index contributed by atoms with van der Waals surface area (Å²) in [5.74, 6) is 0.910. The Balaban J connectivity index is 1.28. The van der Waals surface area contributed by atoms with Crippen molar-refractivity contribution in [3.8, 4) is 5.88 Å². The molecule has 0 aliphatic carbocycles. The Bertz CT molecular complexity index is 856. The van der Waals surface area contributed by atoms with Gasteiger partial charge in [-0.15, -0.1) is 0 Å². The van der Waals surface area contributed by atoms with Gasteiger partial charge in [-0.1, -0.05) is 12.1 Å². The molecule has 0 atom stereocenters. The van der Waals surface area contributed by atoms with E-state index in [1.807, 2.05) is 34.1 Å². The average Bonchev–Trinajstić information content (AvgIpc) is 2.74. The number of piperidine rings is 2. The van der Waals surface area contributed by atoms with Crippen molar-refractivity contribution in [2.75, 3.05) is 26.2 Å². The van der Waals surface area contributed by atoms with Crippen LogP contribution in [-0.2, 0) is 9.59 Å². The van der Waals surface area contributed by atoms with Gasteiger partial charge in [-0.25, -0.2) is 9.97 Å². The summed E-state index contributed by atoms with van der Waals surface area (Å²) in [4.78, 5) is 36.9. The first-order valence-corrected chi connectivity index (χ1v) is 10.0. The summed E-state index contributed by atoms with van der Waals surface area (Å²) in [6.07, 6.45) is 4.85. The molecule has 7 heteroatoms. The largest absolute Gasteiger partial charge is 0.473 e. The van der Waals surface area contributed by atoms with Crippen LogP contribution in [0.5, 0.6) is 5.88 Å². The van der Waals surface area contributed by atoms with E-state index in [0.717, 1.165) is 36.7 Å². The molecule has 2 aliphatic rings. The van der Waals surface area contributed by atoms with Crippen LogP contribution in [0.2, 0.25) is 0 Å². The quantitative estimate of drug-likeness (QED) is 0.814. The first kappa shape index (κ1) is 18.7. The van der Waals surface area contributed by atoms with Gasteiger partial charge in [0.1, 0.15) is 6.10 Å². The number of para-hydroxylation sites is 2. The first-order chi connectivity index (χ1) is 13.6. The molecule has 0 unspecified atom stereocenters. The highest BCUT2D eigenvalue weighted by molar-refractivity contribution is 5.80. The van der Waals surface area contributed by atoms with Crippen LogP contribution in [0.1, 0.15) is 32.6 Å². The van der Waals surface area contributed by atoms with E-state index in [9.17, 15) is 9.59 Å². The van der Waals surface area contributed by atoms with Gasteiger partial charge in [-0.3, -0.25) is 9.59 Å². The van der Waals surface area contributed by atoms with Crippen LogP contribution in [0.25, 0.3) is 11.0 Å². The number of carbonyl (C=O) groups excluding carboxylic acids is 2. The maximum atomic E-state index is 12.8. The summed E-state index contributed by atoms with van der Waals surface area (Å²) in [6.45, 7) is 4.37. The maximum Gasteiger partial charge on any atom is 0.233 e. The van der Waals surface area contributed by atoms with E-state index in [1.54, 1.807) is 13.1 Å². The van der Waals surface area contributed by atoms with Crippen LogP contribution >= 0.6 is 0 Å². The molecule has 0 bridgehead atoms. The van der Waals surface area contributed by atoms with Gasteiger partial charge in [0.2, 0.25) is 17.7 Å². The van der Waals surface area contributed by atoms with Gasteiger partial charge in [0.15, 0.2) is 0 Å². The van der Waals surface area contributed by atoms with Crippen molar-refractivity contribution < 1.29 is 14.3 Å². The molecule has 4 rings (SSSR count). The van der Waals surface area contributed by atoms with Gasteiger partial charge in [0.05, 0.1) is 17.2 Å². The van der Waals surface area contributed by atoms with Crippen molar-refractivity contribution in [3.63, 3.8) is 0 Å². The van der Waals surface area contributed by atoms with Crippen LogP contribution in [0, 0.1) is 5.92 Å². The number of benzene rings is 1. The molecule has 2 aromatic rings. The van der Waals surface area contributed by atoms with E-state index in [2.05, 4.69) is 9.97 Å². The molecule has 3 heterocycles. The molecule has 2 aliphatic heterocycles. The minimum Gasteiger partial charge on any atom is -0.473 e. The molecule has 1 aromatic heterocycles. The number of carbonyl (C=O) groups is 2. The molecule has 2 amide bonds. The third-order valence-corrected chi connectivity index (χ3v) is 5.76. The van der Waals surface area contributed by atoms with Gasteiger partial charge in [0, 0.05) is 51.9 Å². The van der Waals surface area contributed by atoms with E-state index in [0.29, 0.717) is 32.1 Å². The van der Waals surface area contributed by atoms with Crippen LogP contribution in [0.15, 0.2) is 30.5 Å². The summed E-state index contributed by atoms with van der Waals surface area (Å²) >= 11 is 0. The molecule has 0 radical (unpaired) electrons. The highest BCUT2D eigenvalue weighted by Gasteiger charge is 2.31. The van der Waals surface area contributed by atoms with Crippen LogP contribution in [-0.4, -0.2) is 63.9 Å². The summed E-state index contributed by atoms with van der Waals surface area (Å²) in [7, 11) is 0. The lowest BCUT2D eigenvalue weighted by Gasteiger charge is -2.37. The van der Waals surface area contributed by atoms with Crippen molar-refractivity contribution in [2.24, 2.45) is 5.92 Å². The molecule has 1 aromatic carbocycles. The number of likely N-dealkylation sites (tertiary alicyclic amines) is 2. The lowest BCUT2D eigenvalue weighted by atomic mass is 9.94. The summed E-state index contributed by atoms with van der Waals surface area (Å²) in [6, 6.07) is 7.73. The molecule has 7 nitrogen and oxygen atoms in total. The molecule has 2 fully saturated rings. The predicted molar refractivity (Wildman–Crippen MR) is 105 cm³/mol. The second kappa shape index (κ2) is 8.12. The molecule has 148 valence electrons. The normalized spacial score (nSPS) is 19.0. The Labute approximate surface area is 164 Å². The van der Waals surface area contributed by atoms with Gasteiger partial charge in [-0.05, 0) is 25.0 Å². The number of rotatable bonds is 3. The van der Waals surface area contributed by atoms with Gasteiger partial charge in [-0.2, -0.15) is 0 Å². The Morgan fingerprint density at radius 3 is 2.29 bits per heavy atom. The van der Waals surface area contributed by atoms with Crippen molar-refractivity contribution in [1.82, 2.24) is 19.8 Å². The zero-order chi connectivity index (χ0) is 19.5. The van der Waals surface area contributed by atoms with E-state index in [-0.39, 0.29) is 23.8 Å². The summed E-state index contributed by atoms with van der Waals surface area (Å²) in [5, 5.41) is 0. The fourth-order valence-corrected chi connectivity index (χ4v) is 4.06. The Morgan fingerprint density at radius 2 is 1.61 bits per heavy atom. The molecule has 0 saturated carbocycles. The number of amides is 2. The molecule has 0 spiro atoms. The minimum atomic E-state index is 0.0411. The second-order valence-electron chi connectivity index (χ2n) is 7.62. The Morgan fingerprint density at radius 1 is 0.964 bits per heavy atom.